The molecule has 0 atom stereocenters. The van der Waals surface area contributed by atoms with Gasteiger partial charge in [-0.1, -0.05) is 70.4 Å². The van der Waals surface area contributed by atoms with Crippen LogP contribution in [0, 0.1) is 0 Å². The van der Waals surface area contributed by atoms with Gasteiger partial charge in [-0.05, 0) is 32.1 Å². The maximum absolute atomic E-state index is 11.9. The number of nitrogens with zero attached hydrogens (tertiary/aromatic N) is 1. The standard InChI is InChI=1S/C23H38N2O3S/c1-2-3-4-5-6-7-8-9-10-11-12-13-14-15-16-17-21(26)25-23-24-20(19-29-23)18-22(27)28/h9-10,19H,2-8,11-18H2,1H3,(H,27,28)(H,24,25,26)/b10-9-. The van der Waals surface area contributed by atoms with E-state index in [2.05, 4.69) is 29.4 Å². The Morgan fingerprint density at radius 2 is 1.55 bits per heavy atom. The van der Waals surface area contributed by atoms with E-state index in [9.17, 15) is 9.59 Å². The predicted octanol–water partition coefficient (Wildman–Crippen LogP) is 6.75. The van der Waals surface area contributed by atoms with Gasteiger partial charge >= 0.3 is 5.97 Å². The zero-order valence-corrected chi connectivity index (χ0v) is 18.8. The number of carboxylic acids is 1. The van der Waals surface area contributed by atoms with E-state index in [1.54, 1.807) is 5.38 Å². The lowest BCUT2D eigenvalue weighted by Crippen LogP contribution is -2.11. The Morgan fingerprint density at radius 1 is 0.966 bits per heavy atom. The summed E-state index contributed by atoms with van der Waals surface area (Å²) in [5, 5.41) is 13.6. The van der Waals surface area contributed by atoms with Crippen LogP contribution in [-0.2, 0) is 16.0 Å². The smallest absolute Gasteiger partial charge is 0.309 e. The molecule has 0 aliphatic carbocycles. The quantitative estimate of drug-likeness (QED) is 0.203. The molecule has 2 N–H and O–H groups in total. The van der Waals surface area contributed by atoms with Crippen LogP contribution < -0.4 is 5.32 Å². The minimum absolute atomic E-state index is 0.0427. The number of thiazole rings is 1. The Balaban J connectivity index is 1.91. The van der Waals surface area contributed by atoms with Gasteiger partial charge in [-0.2, -0.15) is 0 Å². The summed E-state index contributed by atoms with van der Waals surface area (Å²) in [5.74, 6) is -0.958. The van der Waals surface area contributed by atoms with Gasteiger partial charge in [0.15, 0.2) is 5.13 Å². The van der Waals surface area contributed by atoms with Crippen molar-refractivity contribution in [3.05, 3.63) is 23.2 Å². The van der Waals surface area contributed by atoms with Crippen LogP contribution in [0.5, 0.6) is 0 Å². The highest BCUT2D eigenvalue weighted by atomic mass is 32.1. The summed E-state index contributed by atoms with van der Waals surface area (Å²) in [6.45, 7) is 2.26. The van der Waals surface area contributed by atoms with Crippen molar-refractivity contribution >= 4 is 28.3 Å². The van der Waals surface area contributed by atoms with E-state index < -0.39 is 5.97 Å². The second kappa shape index (κ2) is 17.2. The molecule has 0 fully saturated rings. The van der Waals surface area contributed by atoms with Crippen LogP contribution in [0.1, 0.15) is 103 Å². The number of carbonyl (C=O) groups is 2. The van der Waals surface area contributed by atoms with Gasteiger partial charge in [-0.25, -0.2) is 4.98 Å². The minimum atomic E-state index is -0.915. The molecule has 1 heterocycles. The Kier molecular flexibility index (Phi) is 15.0. The maximum Gasteiger partial charge on any atom is 0.309 e. The highest BCUT2D eigenvalue weighted by Crippen LogP contribution is 2.17. The zero-order chi connectivity index (χ0) is 21.2. The van der Waals surface area contributed by atoms with E-state index in [1.807, 2.05) is 0 Å². The highest BCUT2D eigenvalue weighted by Gasteiger charge is 2.08. The van der Waals surface area contributed by atoms with Crippen LogP contribution in [0.25, 0.3) is 0 Å². The molecular formula is C23H38N2O3S. The number of carboxylic acid groups (broad SMARTS) is 1. The molecule has 0 spiro atoms. The molecule has 1 aromatic heterocycles. The number of anilines is 1. The number of carbonyl (C=O) groups excluding carboxylic acids is 1. The summed E-state index contributed by atoms with van der Waals surface area (Å²) in [7, 11) is 0. The fraction of sp³-hybridized carbons (Fsp3) is 0.696. The van der Waals surface area contributed by atoms with Gasteiger partial charge in [-0.3, -0.25) is 9.59 Å². The summed E-state index contributed by atoms with van der Waals surface area (Å²) < 4.78 is 0. The van der Waals surface area contributed by atoms with Gasteiger partial charge in [0.05, 0.1) is 12.1 Å². The SMILES string of the molecule is CCCCCCCC/C=C\CCCCCCCC(=O)Nc1nc(CC(=O)O)cs1. The predicted molar refractivity (Wildman–Crippen MR) is 122 cm³/mol. The number of aromatic nitrogens is 1. The van der Waals surface area contributed by atoms with Crippen LogP contribution in [0.3, 0.4) is 0 Å². The molecule has 0 saturated carbocycles. The molecule has 0 bridgehead atoms. The Labute approximate surface area is 180 Å². The van der Waals surface area contributed by atoms with Gasteiger partial charge in [0.25, 0.3) is 0 Å². The van der Waals surface area contributed by atoms with Crippen molar-refractivity contribution in [1.82, 2.24) is 4.98 Å². The van der Waals surface area contributed by atoms with Crippen molar-refractivity contribution in [1.29, 1.82) is 0 Å². The van der Waals surface area contributed by atoms with Gasteiger partial charge in [0.2, 0.25) is 5.91 Å². The topological polar surface area (TPSA) is 79.3 Å². The van der Waals surface area contributed by atoms with Crippen molar-refractivity contribution in [2.75, 3.05) is 5.32 Å². The second-order valence-corrected chi connectivity index (χ2v) is 8.46. The number of amides is 1. The molecule has 5 nitrogen and oxygen atoms in total. The number of nitrogens with one attached hydrogen (secondary N) is 1. The minimum Gasteiger partial charge on any atom is -0.481 e. The van der Waals surface area contributed by atoms with E-state index in [4.69, 9.17) is 5.11 Å². The first kappa shape index (κ1) is 25.3. The number of hydrogen-bond donors (Lipinski definition) is 2. The summed E-state index contributed by atoms with van der Waals surface area (Å²) in [5.41, 5.74) is 0.485. The normalized spacial score (nSPS) is 11.2. The first-order valence-electron chi connectivity index (χ1n) is 11.2. The van der Waals surface area contributed by atoms with Crippen LogP contribution in [0.15, 0.2) is 17.5 Å². The van der Waals surface area contributed by atoms with Crippen molar-refractivity contribution in [2.24, 2.45) is 0 Å². The average Bonchev–Trinajstić information content (AvgIpc) is 3.10. The fourth-order valence-corrected chi connectivity index (χ4v) is 3.87. The molecule has 1 aromatic rings. The average molecular weight is 423 g/mol. The molecular weight excluding hydrogens is 384 g/mol. The van der Waals surface area contributed by atoms with Crippen LogP contribution in [-0.4, -0.2) is 22.0 Å². The van der Waals surface area contributed by atoms with Crippen LogP contribution in [0.2, 0.25) is 0 Å². The number of allylic oxidation sites excluding steroid dienone is 2. The molecule has 1 amide bonds. The third kappa shape index (κ3) is 14.9. The van der Waals surface area contributed by atoms with E-state index in [0.29, 0.717) is 17.2 Å². The van der Waals surface area contributed by atoms with Crippen molar-refractivity contribution in [3.63, 3.8) is 0 Å². The zero-order valence-electron chi connectivity index (χ0n) is 18.0. The summed E-state index contributed by atoms with van der Waals surface area (Å²) in [6.07, 6.45) is 21.1. The third-order valence-electron chi connectivity index (χ3n) is 4.80. The molecule has 0 aromatic carbocycles. The first-order chi connectivity index (χ1) is 14.1. The molecule has 6 heteroatoms. The maximum atomic E-state index is 11.9. The van der Waals surface area contributed by atoms with Gasteiger partial charge in [-0.15, -0.1) is 11.3 Å². The number of unbranched alkanes of at least 4 members (excludes halogenated alkanes) is 11. The summed E-state index contributed by atoms with van der Waals surface area (Å²) in [4.78, 5) is 26.7. The van der Waals surface area contributed by atoms with E-state index in [1.165, 1.54) is 82.0 Å². The van der Waals surface area contributed by atoms with Crippen LogP contribution in [0.4, 0.5) is 5.13 Å². The van der Waals surface area contributed by atoms with E-state index in [-0.39, 0.29) is 12.3 Å². The summed E-state index contributed by atoms with van der Waals surface area (Å²) >= 11 is 1.27. The molecule has 29 heavy (non-hydrogen) atoms. The molecule has 0 saturated heterocycles. The lowest BCUT2D eigenvalue weighted by atomic mass is 10.1. The Morgan fingerprint density at radius 3 is 2.17 bits per heavy atom. The van der Waals surface area contributed by atoms with Gasteiger partial charge in [0, 0.05) is 11.8 Å². The van der Waals surface area contributed by atoms with E-state index >= 15 is 0 Å². The largest absolute Gasteiger partial charge is 0.481 e. The molecule has 0 aliphatic rings. The van der Waals surface area contributed by atoms with Crippen LogP contribution >= 0.6 is 11.3 Å². The lowest BCUT2D eigenvalue weighted by Gasteiger charge is -2.02. The van der Waals surface area contributed by atoms with Gasteiger partial charge in [0.1, 0.15) is 0 Å². The third-order valence-corrected chi connectivity index (χ3v) is 5.60. The molecule has 0 unspecified atom stereocenters. The lowest BCUT2D eigenvalue weighted by molar-refractivity contribution is -0.136. The van der Waals surface area contributed by atoms with Gasteiger partial charge < -0.3 is 10.4 Å². The van der Waals surface area contributed by atoms with Crippen molar-refractivity contribution in [2.45, 2.75) is 103 Å². The first-order valence-corrected chi connectivity index (χ1v) is 12.1. The van der Waals surface area contributed by atoms with Crippen molar-refractivity contribution < 1.29 is 14.7 Å². The monoisotopic (exact) mass is 422 g/mol. The Bertz CT molecular complexity index is 599. The van der Waals surface area contributed by atoms with E-state index in [0.717, 1.165) is 12.8 Å². The Hall–Kier alpha value is -1.69. The number of aliphatic carboxylic acids is 1. The second-order valence-electron chi connectivity index (χ2n) is 7.60. The number of hydrogen-bond acceptors (Lipinski definition) is 4. The molecule has 1 rings (SSSR count). The molecule has 0 aliphatic heterocycles. The fourth-order valence-electron chi connectivity index (χ4n) is 3.14. The molecule has 164 valence electrons. The highest BCUT2D eigenvalue weighted by molar-refractivity contribution is 7.13. The number of rotatable bonds is 18. The van der Waals surface area contributed by atoms with Crippen molar-refractivity contribution in [3.8, 4) is 0 Å². The summed E-state index contributed by atoms with van der Waals surface area (Å²) in [6, 6.07) is 0. The molecule has 0 radical (unpaired) electrons.